The van der Waals surface area contributed by atoms with Gasteiger partial charge in [-0.2, -0.15) is 11.8 Å². The maximum atomic E-state index is 13.8. The number of methoxy groups -OCH3 is 2. The largest absolute Gasteiger partial charge is 0.453 e. The van der Waals surface area contributed by atoms with E-state index in [1.807, 2.05) is 61.5 Å². The zero-order valence-electron chi connectivity index (χ0n) is 33.5. The van der Waals surface area contributed by atoms with Crippen molar-refractivity contribution in [3.63, 3.8) is 0 Å². The molecule has 5 aromatic rings. The van der Waals surface area contributed by atoms with Crippen LogP contribution in [0.1, 0.15) is 56.0 Å². The molecule has 2 fully saturated rings. The lowest BCUT2D eigenvalue weighted by Gasteiger charge is -2.30. The second-order valence-corrected chi connectivity index (χ2v) is 16.4. The number of benzene rings is 3. The van der Waals surface area contributed by atoms with E-state index in [2.05, 4.69) is 70.1 Å². The lowest BCUT2D eigenvalue weighted by molar-refractivity contribution is -0.135. The molecule has 2 aliphatic heterocycles. The number of rotatable bonds is 13. The normalized spacial score (nSPS) is 19.7. The molecule has 3 aromatic carbocycles. The van der Waals surface area contributed by atoms with Gasteiger partial charge in [-0.05, 0) is 52.8 Å². The van der Waals surface area contributed by atoms with E-state index in [0.29, 0.717) is 19.7 Å². The molecule has 13 nitrogen and oxygen atoms in total. The van der Waals surface area contributed by atoms with Crippen LogP contribution in [0.5, 0.6) is 0 Å². The van der Waals surface area contributed by atoms with Gasteiger partial charge in [-0.25, -0.2) is 19.6 Å². The average Bonchev–Trinajstić information content (AvgIpc) is 4.08. The Morgan fingerprint density at radius 2 is 1.36 bits per heavy atom. The Balaban J connectivity index is 1.01. The molecule has 0 unspecified atom stereocenters. The van der Waals surface area contributed by atoms with E-state index in [0.717, 1.165) is 63.7 Å². The van der Waals surface area contributed by atoms with Crippen molar-refractivity contribution < 1.29 is 28.6 Å². The molecule has 0 radical (unpaired) electrons. The van der Waals surface area contributed by atoms with E-state index < -0.39 is 12.1 Å². The third kappa shape index (κ3) is 9.08. The van der Waals surface area contributed by atoms with Crippen LogP contribution in [0.15, 0.2) is 91.3 Å². The first kappa shape index (κ1) is 40.6. The number of aromatic nitrogens is 4. The molecule has 3 N–H and O–H groups in total. The SMILES string of the molecule is COC[C@H]1C[C@@H](c2ncc(-c3ccc(-c4ccc(-c5cnc([C@@H]6C[C@H](SC)CN6C(=O)[C@@H](NC(=O)OC)C(C)C)[nH]5)cc4)cc3)[nH]2)N(C(=O)OCc2ccccc2)C1. The Morgan fingerprint density at radius 1 is 0.793 bits per heavy atom. The third-order valence-electron chi connectivity index (χ3n) is 11.0. The van der Waals surface area contributed by atoms with Crippen LogP contribution in [0, 0.1) is 11.8 Å². The van der Waals surface area contributed by atoms with Crippen LogP contribution in [0.3, 0.4) is 0 Å². The highest BCUT2D eigenvalue weighted by Crippen LogP contribution is 2.38. The number of amides is 3. The molecule has 3 amide bonds. The van der Waals surface area contributed by atoms with E-state index >= 15 is 0 Å². The molecule has 2 aromatic heterocycles. The first-order valence-corrected chi connectivity index (χ1v) is 20.9. The van der Waals surface area contributed by atoms with Crippen LogP contribution in [0.4, 0.5) is 9.59 Å². The number of nitrogens with one attached hydrogen (secondary N) is 3. The maximum Gasteiger partial charge on any atom is 0.410 e. The number of carbonyl (C=O) groups is 3. The Hall–Kier alpha value is -5.60. The molecule has 58 heavy (non-hydrogen) atoms. The molecule has 0 bridgehead atoms. The summed E-state index contributed by atoms with van der Waals surface area (Å²) >= 11 is 1.73. The molecule has 7 rings (SSSR count). The Kier molecular flexibility index (Phi) is 12.8. The summed E-state index contributed by atoms with van der Waals surface area (Å²) in [4.78, 5) is 59.1. The van der Waals surface area contributed by atoms with Gasteiger partial charge in [0.15, 0.2) is 0 Å². The lowest BCUT2D eigenvalue weighted by atomic mass is 10.0. The molecule has 2 saturated heterocycles. The molecule has 5 atom stereocenters. The molecule has 4 heterocycles. The topological polar surface area (TPSA) is 155 Å². The van der Waals surface area contributed by atoms with Crippen LogP contribution in [0.25, 0.3) is 33.6 Å². The molecule has 2 aliphatic rings. The fraction of sp³-hybridized carbons (Fsp3) is 0.386. The molecule has 0 aliphatic carbocycles. The highest BCUT2D eigenvalue weighted by molar-refractivity contribution is 7.99. The van der Waals surface area contributed by atoms with Gasteiger partial charge in [0.2, 0.25) is 5.91 Å². The first-order valence-electron chi connectivity index (χ1n) is 19.6. The molecule has 0 spiro atoms. The second kappa shape index (κ2) is 18.3. The maximum absolute atomic E-state index is 13.8. The number of hydrogen-bond donors (Lipinski definition) is 3. The van der Waals surface area contributed by atoms with Gasteiger partial charge in [0.25, 0.3) is 0 Å². The standard InChI is InChI=1S/C44H51N7O6S/c1-27(2)39(49-43(53)56-4)42(52)50-24-34(58-5)20-38(50)41-46-22-36(48-41)33-17-13-31(14-18-33)30-11-15-32(16-12-30)35-21-45-40(47-35)37-19-29(25-55-3)23-51(37)44(54)57-26-28-9-7-6-8-10-28/h6-18,21-22,27,29,34,37-39H,19-20,23-26H2,1-5H3,(H,45,47)(H,46,48)(H,49,53)/t29-,34-,37-,38-,39-/m0/s1. The summed E-state index contributed by atoms with van der Waals surface area (Å²) in [7, 11) is 2.98. The Bertz CT molecular complexity index is 2160. The fourth-order valence-corrected chi connectivity index (χ4v) is 8.57. The van der Waals surface area contributed by atoms with Crippen LogP contribution in [0.2, 0.25) is 0 Å². The fourth-order valence-electron chi connectivity index (χ4n) is 7.88. The number of ether oxygens (including phenoxy) is 3. The third-order valence-corrected chi connectivity index (χ3v) is 12.1. The number of hydrogen-bond acceptors (Lipinski definition) is 9. The summed E-state index contributed by atoms with van der Waals surface area (Å²) in [6.07, 6.45) is 6.18. The van der Waals surface area contributed by atoms with E-state index in [1.165, 1.54) is 7.11 Å². The van der Waals surface area contributed by atoms with E-state index in [4.69, 9.17) is 24.2 Å². The average molecular weight is 806 g/mol. The minimum Gasteiger partial charge on any atom is -0.453 e. The predicted octanol–water partition coefficient (Wildman–Crippen LogP) is 7.87. The number of aromatic amines is 2. The van der Waals surface area contributed by atoms with Gasteiger partial charge in [-0.1, -0.05) is 92.7 Å². The van der Waals surface area contributed by atoms with Crippen LogP contribution in [-0.2, 0) is 25.6 Å². The molecule has 304 valence electrons. The van der Waals surface area contributed by atoms with E-state index in [-0.39, 0.29) is 47.8 Å². The first-order chi connectivity index (χ1) is 28.1. The minimum atomic E-state index is -0.705. The number of likely N-dealkylation sites (tertiary alicyclic amines) is 2. The number of H-pyrrole nitrogens is 2. The summed E-state index contributed by atoms with van der Waals surface area (Å²) in [6, 6.07) is 25.1. The monoisotopic (exact) mass is 805 g/mol. The summed E-state index contributed by atoms with van der Waals surface area (Å²) in [5.41, 5.74) is 6.75. The van der Waals surface area contributed by atoms with Gasteiger partial charge in [0, 0.05) is 31.4 Å². The van der Waals surface area contributed by atoms with Crippen LogP contribution >= 0.6 is 11.8 Å². The summed E-state index contributed by atoms with van der Waals surface area (Å²) in [5, 5.41) is 2.98. The number of alkyl carbamates (subject to hydrolysis) is 1. The second-order valence-electron chi connectivity index (χ2n) is 15.2. The van der Waals surface area contributed by atoms with Crippen LogP contribution in [-0.4, -0.2) is 99.3 Å². The molecule has 14 heteroatoms. The van der Waals surface area contributed by atoms with E-state index in [1.54, 1.807) is 23.8 Å². The van der Waals surface area contributed by atoms with Crippen molar-refractivity contribution in [1.29, 1.82) is 0 Å². The van der Waals surface area contributed by atoms with Gasteiger partial charge in [0.1, 0.15) is 24.3 Å². The highest BCUT2D eigenvalue weighted by Gasteiger charge is 2.42. The van der Waals surface area contributed by atoms with Crippen molar-refractivity contribution >= 4 is 29.9 Å². The van der Waals surface area contributed by atoms with Gasteiger partial charge in [0.05, 0.1) is 49.6 Å². The summed E-state index contributed by atoms with van der Waals surface area (Å²) in [6.45, 7) is 5.69. The van der Waals surface area contributed by atoms with Crippen molar-refractivity contribution in [2.24, 2.45) is 11.8 Å². The van der Waals surface area contributed by atoms with Gasteiger partial charge >= 0.3 is 12.2 Å². The minimum absolute atomic E-state index is 0.117. The van der Waals surface area contributed by atoms with Crippen molar-refractivity contribution in [1.82, 2.24) is 35.1 Å². The van der Waals surface area contributed by atoms with Crippen molar-refractivity contribution in [3.8, 4) is 33.6 Å². The van der Waals surface area contributed by atoms with Crippen molar-refractivity contribution in [3.05, 3.63) is 108 Å². The zero-order chi connectivity index (χ0) is 40.8. The zero-order valence-corrected chi connectivity index (χ0v) is 34.3. The van der Waals surface area contributed by atoms with Gasteiger partial charge in [-0.15, -0.1) is 0 Å². The number of thioether (sulfide) groups is 1. The van der Waals surface area contributed by atoms with Gasteiger partial charge in [-0.3, -0.25) is 9.69 Å². The van der Waals surface area contributed by atoms with Crippen LogP contribution < -0.4 is 5.32 Å². The smallest absolute Gasteiger partial charge is 0.410 e. The number of carbonyl (C=O) groups excluding carboxylic acids is 3. The quantitative estimate of drug-likeness (QED) is 0.108. The molecular formula is C44H51N7O6S. The van der Waals surface area contributed by atoms with Crippen molar-refractivity contribution in [2.45, 2.75) is 56.7 Å². The van der Waals surface area contributed by atoms with E-state index in [9.17, 15) is 14.4 Å². The lowest BCUT2D eigenvalue weighted by Crippen LogP contribution is -2.51. The van der Waals surface area contributed by atoms with Crippen molar-refractivity contribution in [2.75, 3.05) is 40.2 Å². The number of nitrogens with zero attached hydrogens (tertiary/aromatic N) is 4. The molecular weight excluding hydrogens is 755 g/mol. The Labute approximate surface area is 343 Å². The highest BCUT2D eigenvalue weighted by atomic mass is 32.2. The summed E-state index contributed by atoms with van der Waals surface area (Å²) in [5.74, 6) is 1.36. The Morgan fingerprint density at radius 3 is 1.90 bits per heavy atom. The van der Waals surface area contributed by atoms with Gasteiger partial charge < -0.3 is 34.4 Å². The molecule has 0 saturated carbocycles. The summed E-state index contributed by atoms with van der Waals surface area (Å²) < 4.78 is 15.9. The number of imidazole rings is 2. The predicted molar refractivity (Wildman–Crippen MR) is 224 cm³/mol.